The zero-order chi connectivity index (χ0) is 13.2. The van der Waals surface area contributed by atoms with Crippen LogP contribution in [0.25, 0.3) is 11.0 Å². The molecule has 1 heterocycles. The SMILES string of the molecule is NC1CC(CNC(=O)c2cccc3nccnc23)C1. The molecule has 5 heteroatoms. The van der Waals surface area contributed by atoms with E-state index < -0.39 is 0 Å². The fourth-order valence-electron chi connectivity index (χ4n) is 2.46. The fraction of sp³-hybridized carbons (Fsp3) is 0.357. The monoisotopic (exact) mass is 256 g/mol. The number of carbonyl (C=O) groups excluding carboxylic acids is 1. The smallest absolute Gasteiger partial charge is 0.253 e. The molecule has 1 aliphatic rings. The molecule has 98 valence electrons. The van der Waals surface area contributed by atoms with Gasteiger partial charge in [0, 0.05) is 25.0 Å². The van der Waals surface area contributed by atoms with Crippen molar-refractivity contribution >= 4 is 16.9 Å². The zero-order valence-corrected chi connectivity index (χ0v) is 10.5. The number of amides is 1. The average Bonchev–Trinajstić information content (AvgIpc) is 2.41. The van der Waals surface area contributed by atoms with Crippen LogP contribution >= 0.6 is 0 Å². The second kappa shape index (κ2) is 4.93. The van der Waals surface area contributed by atoms with E-state index in [4.69, 9.17) is 5.73 Å². The van der Waals surface area contributed by atoms with Crippen LogP contribution in [0.1, 0.15) is 23.2 Å². The molecule has 0 bridgehead atoms. The van der Waals surface area contributed by atoms with E-state index in [9.17, 15) is 4.79 Å². The highest BCUT2D eigenvalue weighted by Crippen LogP contribution is 2.24. The molecule has 3 rings (SSSR count). The standard InChI is InChI=1S/C14H16N4O/c15-10-6-9(7-10)8-18-14(19)11-2-1-3-12-13(11)17-5-4-16-12/h1-5,9-10H,6-8,15H2,(H,18,19). The summed E-state index contributed by atoms with van der Waals surface area (Å²) in [5.41, 5.74) is 7.69. The average molecular weight is 256 g/mol. The number of para-hydroxylation sites is 1. The van der Waals surface area contributed by atoms with E-state index >= 15 is 0 Å². The topological polar surface area (TPSA) is 80.9 Å². The Labute approximate surface area is 111 Å². The second-order valence-electron chi connectivity index (χ2n) is 5.04. The molecule has 0 saturated heterocycles. The van der Waals surface area contributed by atoms with Gasteiger partial charge in [0.05, 0.1) is 11.1 Å². The van der Waals surface area contributed by atoms with E-state index in [1.807, 2.05) is 12.1 Å². The first-order valence-electron chi connectivity index (χ1n) is 6.47. The Bertz CT molecular complexity index is 602. The first kappa shape index (κ1) is 12.0. The van der Waals surface area contributed by atoms with Gasteiger partial charge in [0.1, 0.15) is 5.52 Å². The van der Waals surface area contributed by atoms with Gasteiger partial charge in [-0.05, 0) is 30.9 Å². The molecule has 0 radical (unpaired) electrons. The molecule has 0 spiro atoms. The Hall–Kier alpha value is -2.01. The molecule has 3 N–H and O–H groups in total. The molecule has 1 amide bonds. The third kappa shape index (κ3) is 2.42. The molecule has 1 aromatic heterocycles. The minimum Gasteiger partial charge on any atom is -0.352 e. The van der Waals surface area contributed by atoms with Gasteiger partial charge >= 0.3 is 0 Å². The van der Waals surface area contributed by atoms with Crippen LogP contribution in [0.3, 0.4) is 0 Å². The molecule has 0 unspecified atom stereocenters. The lowest BCUT2D eigenvalue weighted by Crippen LogP contribution is -2.42. The Morgan fingerprint density at radius 1 is 1.32 bits per heavy atom. The van der Waals surface area contributed by atoms with Gasteiger partial charge in [-0.25, -0.2) is 0 Å². The van der Waals surface area contributed by atoms with Gasteiger partial charge in [-0.2, -0.15) is 0 Å². The predicted octanol–water partition coefficient (Wildman–Crippen LogP) is 1.10. The summed E-state index contributed by atoms with van der Waals surface area (Å²) in [4.78, 5) is 20.6. The van der Waals surface area contributed by atoms with Crippen molar-refractivity contribution in [3.8, 4) is 0 Å². The Kier molecular flexibility index (Phi) is 3.13. The quantitative estimate of drug-likeness (QED) is 0.861. The Morgan fingerprint density at radius 2 is 2.11 bits per heavy atom. The number of fused-ring (bicyclic) bond motifs is 1. The first-order chi connectivity index (χ1) is 9.24. The first-order valence-corrected chi connectivity index (χ1v) is 6.47. The zero-order valence-electron chi connectivity index (χ0n) is 10.5. The van der Waals surface area contributed by atoms with Gasteiger partial charge in [0.25, 0.3) is 5.91 Å². The van der Waals surface area contributed by atoms with Crippen molar-refractivity contribution in [1.29, 1.82) is 0 Å². The summed E-state index contributed by atoms with van der Waals surface area (Å²) in [6, 6.07) is 5.76. The fourth-order valence-corrected chi connectivity index (χ4v) is 2.46. The van der Waals surface area contributed by atoms with Crippen LogP contribution in [0, 0.1) is 5.92 Å². The molecule has 19 heavy (non-hydrogen) atoms. The maximum atomic E-state index is 12.2. The molecule has 0 atom stereocenters. The second-order valence-corrected chi connectivity index (χ2v) is 5.04. The van der Waals surface area contributed by atoms with E-state index in [1.54, 1.807) is 18.5 Å². The van der Waals surface area contributed by atoms with Crippen molar-refractivity contribution in [2.75, 3.05) is 6.54 Å². The summed E-state index contributed by atoms with van der Waals surface area (Å²) >= 11 is 0. The number of benzene rings is 1. The van der Waals surface area contributed by atoms with Crippen LogP contribution in [-0.4, -0.2) is 28.5 Å². The third-order valence-corrected chi connectivity index (χ3v) is 3.57. The van der Waals surface area contributed by atoms with Gasteiger partial charge in [-0.3, -0.25) is 14.8 Å². The Morgan fingerprint density at radius 3 is 2.89 bits per heavy atom. The highest BCUT2D eigenvalue weighted by molar-refractivity contribution is 6.04. The number of aromatic nitrogens is 2. The molecule has 0 aliphatic heterocycles. The summed E-state index contributed by atoms with van der Waals surface area (Å²) < 4.78 is 0. The summed E-state index contributed by atoms with van der Waals surface area (Å²) in [5, 5.41) is 2.95. The lowest BCUT2D eigenvalue weighted by molar-refractivity contribution is 0.0937. The number of rotatable bonds is 3. The minimum atomic E-state index is -0.0911. The van der Waals surface area contributed by atoms with Gasteiger partial charge in [0.15, 0.2) is 0 Å². The number of carbonyl (C=O) groups is 1. The van der Waals surface area contributed by atoms with Crippen molar-refractivity contribution in [1.82, 2.24) is 15.3 Å². The molecule has 1 aromatic carbocycles. The minimum absolute atomic E-state index is 0.0911. The molecule has 5 nitrogen and oxygen atoms in total. The summed E-state index contributed by atoms with van der Waals surface area (Å²) in [6.07, 6.45) is 5.22. The van der Waals surface area contributed by atoms with Crippen molar-refractivity contribution in [3.63, 3.8) is 0 Å². The third-order valence-electron chi connectivity index (χ3n) is 3.57. The van der Waals surface area contributed by atoms with Gasteiger partial charge < -0.3 is 11.1 Å². The number of nitrogens with one attached hydrogen (secondary N) is 1. The molecule has 1 fully saturated rings. The molecule has 1 saturated carbocycles. The highest BCUT2D eigenvalue weighted by Gasteiger charge is 2.26. The molecule has 1 aliphatic carbocycles. The van der Waals surface area contributed by atoms with Crippen molar-refractivity contribution in [2.45, 2.75) is 18.9 Å². The summed E-state index contributed by atoms with van der Waals surface area (Å²) in [5.74, 6) is 0.423. The largest absolute Gasteiger partial charge is 0.352 e. The number of nitrogens with zero attached hydrogens (tertiary/aromatic N) is 2. The summed E-state index contributed by atoms with van der Waals surface area (Å²) in [7, 11) is 0. The summed E-state index contributed by atoms with van der Waals surface area (Å²) in [6.45, 7) is 0.684. The number of hydrogen-bond donors (Lipinski definition) is 2. The van der Waals surface area contributed by atoms with Crippen molar-refractivity contribution < 1.29 is 4.79 Å². The lowest BCUT2D eigenvalue weighted by Gasteiger charge is -2.32. The van der Waals surface area contributed by atoms with Gasteiger partial charge in [-0.15, -0.1) is 0 Å². The molecular formula is C14H16N4O. The van der Waals surface area contributed by atoms with E-state index in [2.05, 4.69) is 15.3 Å². The lowest BCUT2D eigenvalue weighted by atomic mass is 9.81. The Balaban J connectivity index is 1.74. The number of hydrogen-bond acceptors (Lipinski definition) is 4. The highest BCUT2D eigenvalue weighted by atomic mass is 16.1. The van der Waals surface area contributed by atoms with Crippen LogP contribution in [0.5, 0.6) is 0 Å². The van der Waals surface area contributed by atoms with E-state index in [0.29, 0.717) is 29.6 Å². The van der Waals surface area contributed by atoms with E-state index in [-0.39, 0.29) is 5.91 Å². The maximum absolute atomic E-state index is 12.2. The van der Waals surface area contributed by atoms with Crippen LogP contribution in [0.4, 0.5) is 0 Å². The van der Waals surface area contributed by atoms with Crippen molar-refractivity contribution in [3.05, 3.63) is 36.2 Å². The van der Waals surface area contributed by atoms with Gasteiger partial charge in [-0.1, -0.05) is 6.07 Å². The van der Waals surface area contributed by atoms with Crippen LogP contribution in [-0.2, 0) is 0 Å². The maximum Gasteiger partial charge on any atom is 0.253 e. The van der Waals surface area contributed by atoms with E-state index in [1.165, 1.54) is 0 Å². The number of nitrogens with two attached hydrogens (primary N) is 1. The van der Waals surface area contributed by atoms with Crippen LogP contribution in [0.2, 0.25) is 0 Å². The van der Waals surface area contributed by atoms with Crippen LogP contribution < -0.4 is 11.1 Å². The van der Waals surface area contributed by atoms with Gasteiger partial charge in [0.2, 0.25) is 0 Å². The predicted molar refractivity (Wildman–Crippen MR) is 72.6 cm³/mol. The molecular weight excluding hydrogens is 240 g/mol. The normalized spacial score (nSPS) is 21.9. The van der Waals surface area contributed by atoms with E-state index in [0.717, 1.165) is 18.4 Å². The molecule has 2 aromatic rings. The van der Waals surface area contributed by atoms with Crippen LogP contribution in [0.15, 0.2) is 30.6 Å². The van der Waals surface area contributed by atoms with Crippen molar-refractivity contribution in [2.24, 2.45) is 11.7 Å².